The summed E-state index contributed by atoms with van der Waals surface area (Å²) in [6, 6.07) is 0. The molecule has 1 aliphatic rings. The van der Waals surface area contributed by atoms with Gasteiger partial charge in [0.15, 0.2) is 0 Å². The second-order valence-corrected chi connectivity index (χ2v) is 2.53. The fourth-order valence-corrected chi connectivity index (χ4v) is 0.513. The number of carbonyl (C=O) groups is 3. The molecule has 25 heavy (non-hydrogen) atoms. The zero-order valence-electron chi connectivity index (χ0n) is 12.5. The molecule has 0 amide bonds. The maximum absolute atomic E-state index is 9.75. The number of allylic oxidation sites excluding steroid dienone is 8. The number of halogens is 8. The van der Waals surface area contributed by atoms with Crippen molar-refractivity contribution in [1.29, 1.82) is 0 Å². The molecule has 0 aromatic rings. The van der Waals surface area contributed by atoms with Gasteiger partial charge in [0.05, 0.1) is 0 Å². The molecule has 146 valence electrons. The zero-order chi connectivity index (χ0) is 20.7. The van der Waals surface area contributed by atoms with Crippen LogP contribution in [-0.2, 0) is 31.5 Å². The topological polar surface area (TPSA) is 51.2 Å². The van der Waals surface area contributed by atoms with Crippen LogP contribution in [0.1, 0.15) is 0 Å². The molecule has 1 rings (SSSR count). The van der Waals surface area contributed by atoms with Crippen LogP contribution < -0.4 is 0 Å². The number of hydrogen-bond donors (Lipinski definition) is 0. The van der Waals surface area contributed by atoms with Crippen molar-refractivity contribution in [3.63, 3.8) is 0 Å². The van der Waals surface area contributed by atoms with Gasteiger partial charge in [-0.15, -0.1) is 0 Å². The average molecular weight is 424 g/mol. The third-order valence-corrected chi connectivity index (χ3v) is 0.889. The Morgan fingerprint density at radius 2 is 0.440 bits per heavy atom. The van der Waals surface area contributed by atoms with Crippen molar-refractivity contribution in [2.45, 2.75) is 0 Å². The van der Waals surface area contributed by atoms with Crippen molar-refractivity contribution in [2.75, 3.05) is 0 Å². The molecule has 14 heteroatoms. The van der Waals surface area contributed by atoms with Crippen LogP contribution in [0.5, 0.6) is 0 Å². The largest absolute Gasteiger partial charge is 2.00 e. The van der Waals surface area contributed by atoms with Crippen molar-refractivity contribution in [3.05, 3.63) is 48.6 Å². The van der Waals surface area contributed by atoms with Crippen LogP contribution in [0.15, 0.2) is 48.6 Å². The molecule has 0 aromatic heterocycles. The van der Waals surface area contributed by atoms with Gasteiger partial charge in [0.2, 0.25) is 0 Å². The number of carbonyl (C=O) groups excluding carboxylic acids is 3. The average Bonchev–Trinajstić information content (AvgIpc) is 2.41. The normalized spacial score (nSPS) is 15.5. The van der Waals surface area contributed by atoms with Crippen molar-refractivity contribution in [2.24, 2.45) is 0 Å². The van der Waals surface area contributed by atoms with Crippen LogP contribution >= 0.6 is 0 Å². The van der Waals surface area contributed by atoms with E-state index in [1.54, 1.807) is 0 Å². The molecule has 1 aliphatic carbocycles. The minimum absolute atomic E-state index is 0. The molecule has 0 aliphatic heterocycles. The zero-order valence-corrected chi connectivity index (χ0v) is 13.6. The van der Waals surface area contributed by atoms with Gasteiger partial charge < -0.3 is 48.9 Å². The fraction of sp³-hybridized carbons (Fsp3) is 0. The Bertz CT molecular complexity index is 287. The minimum atomic E-state index is -6.00. The summed E-state index contributed by atoms with van der Waals surface area (Å²) in [6.07, 6.45) is 16.0. The summed E-state index contributed by atoms with van der Waals surface area (Å²) in [6.45, 7) is 6.00. The molecule has 0 unspecified atom stereocenters. The summed E-state index contributed by atoms with van der Waals surface area (Å²) in [4.78, 5) is 24.0. The van der Waals surface area contributed by atoms with E-state index in [9.17, 15) is 34.5 Å². The minimum Gasteiger partial charge on any atom is -0.418 e. The third-order valence-electron chi connectivity index (χ3n) is 0.889. The van der Waals surface area contributed by atoms with Gasteiger partial charge in [-0.25, -0.2) is 0 Å². The maximum atomic E-state index is 9.75. The molecule has 0 radical (unpaired) electrons. The van der Waals surface area contributed by atoms with Crippen LogP contribution in [0.4, 0.5) is 34.5 Å². The molecule has 3 nitrogen and oxygen atoms in total. The van der Waals surface area contributed by atoms with Gasteiger partial charge >= 0.3 is 31.6 Å². The predicted octanol–water partition coefficient (Wildman–Crippen LogP) is 4.27. The Balaban J connectivity index is -0.0000000475. The molecular formula is C11H14B2F8FeO3. The second-order valence-electron chi connectivity index (χ2n) is 2.53. The van der Waals surface area contributed by atoms with Gasteiger partial charge in [-0.2, -0.15) is 0 Å². The van der Waals surface area contributed by atoms with Gasteiger partial charge in [-0.3, -0.25) is 0 Å². The summed E-state index contributed by atoms with van der Waals surface area (Å²) in [5.41, 5.74) is 0. The van der Waals surface area contributed by atoms with Gasteiger partial charge in [-0.05, 0) is 0 Å². The second kappa shape index (κ2) is 30.0. The van der Waals surface area contributed by atoms with Crippen molar-refractivity contribution >= 4 is 34.9 Å². The first-order valence-corrected chi connectivity index (χ1v) is 5.28. The van der Waals surface area contributed by atoms with Crippen molar-refractivity contribution < 1.29 is 66.0 Å². The van der Waals surface area contributed by atoms with Gasteiger partial charge in [0.1, 0.15) is 20.4 Å². The van der Waals surface area contributed by atoms with E-state index in [0.29, 0.717) is 0 Å². The molecule has 0 bridgehead atoms. The standard InChI is InChI=1S/C8H8.3CH2O.2BF4.Fe/c1-2-4-6-8-7-5-3-1;3*1-2;2*2-1(3,4)5;/h1-8H;3*1H2;;;/q;;;;2*-1;+2/b2-1-,3-1?,4-2?,5-3-,6-4-,7-5?,8-6?,8-7-;;;;;;. The fourth-order valence-electron chi connectivity index (χ4n) is 0.513. The molecule has 0 atom stereocenters. The van der Waals surface area contributed by atoms with E-state index >= 15 is 0 Å². The first kappa shape index (κ1) is 38.6. The first-order chi connectivity index (χ1) is 11.0. The SMILES string of the molecule is C1=C\C=C/C=C\C=C/1.C=O.C=O.C=O.F[B-](F)(F)F.F[B-](F)(F)F.[Fe+2]. The van der Waals surface area contributed by atoms with E-state index in [1.807, 2.05) is 69.0 Å². The summed E-state index contributed by atoms with van der Waals surface area (Å²) in [5.74, 6) is 0. The van der Waals surface area contributed by atoms with Crippen LogP contribution in [0, 0.1) is 0 Å². The molecule has 0 heterocycles. The molecule has 0 N–H and O–H groups in total. The van der Waals surface area contributed by atoms with Gasteiger partial charge in [-0.1, -0.05) is 48.6 Å². The summed E-state index contributed by atoms with van der Waals surface area (Å²) in [7, 11) is -12.0. The molecule has 0 fully saturated rings. The Kier molecular flexibility index (Phi) is 46.3. The van der Waals surface area contributed by atoms with E-state index in [2.05, 4.69) is 0 Å². The third kappa shape index (κ3) is 242. The van der Waals surface area contributed by atoms with E-state index < -0.39 is 14.5 Å². The quantitative estimate of drug-likeness (QED) is 0.432. The van der Waals surface area contributed by atoms with Gasteiger partial charge in [0, 0.05) is 0 Å². The summed E-state index contributed by atoms with van der Waals surface area (Å²) in [5, 5.41) is 0. The smallest absolute Gasteiger partial charge is 0.418 e. The van der Waals surface area contributed by atoms with Crippen LogP contribution in [0.2, 0.25) is 0 Å². The van der Waals surface area contributed by atoms with Crippen molar-refractivity contribution in [1.82, 2.24) is 0 Å². The first-order valence-electron chi connectivity index (χ1n) is 5.28. The molecule has 0 aromatic carbocycles. The number of rotatable bonds is 0. The van der Waals surface area contributed by atoms with Gasteiger partial charge in [0.25, 0.3) is 0 Å². The van der Waals surface area contributed by atoms with E-state index in [1.165, 1.54) is 0 Å². The summed E-state index contributed by atoms with van der Waals surface area (Å²) >= 11 is 0. The molecule has 0 saturated heterocycles. The van der Waals surface area contributed by atoms with E-state index in [4.69, 9.17) is 14.4 Å². The molecular weight excluding hydrogens is 410 g/mol. The Labute approximate surface area is 150 Å². The Morgan fingerprint density at radius 1 is 0.400 bits per heavy atom. The van der Waals surface area contributed by atoms with E-state index in [-0.39, 0.29) is 17.1 Å². The predicted molar refractivity (Wildman–Crippen MR) is 78.3 cm³/mol. The maximum Gasteiger partial charge on any atom is 2.00 e. The monoisotopic (exact) mass is 424 g/mol. The summed E-state index contributed by atoms with van der Waals surface area (Å²) < 4.78 is 78.0. The van der Waals surface area contributed by atoms with E-state index in [0.717, 1.165) is 0 Å². The van der Waals surface area contributed by atoms with Crippen LogP contribution in [-0.4, -0.2) is 34.9 Å². The number of hydrogen-bond acceptors (Lipinski definition) is 3. The molecule has 0 spiro atoms. The van der Waals surface area contributed by atoms with Crippen molar-refractivity contribution in [3.8, 4) is 0 Å². The van der Waals surface area contributed by atoms with Crippen LogP contribution in [0.25, 0.3) is 0 Å². The van der Waals surface area contributed by atoms with Crippen LogP contribution in [0.3, 0.4) is 0 Å². The Morgan fingerprint density at radius 3 is 0.480 bits per heavy atom. The Hall–Kier alpha value is -1.94. The molecule has 0 saturated carbocycles.